The molecule has 1 rings (SSSR count). The van der Waals surface area contributed by atoms with Crippen molar-refractivity contribution in [3.05, 3.63) is 0 Å². The highest BCUT2D eigenvalue weighted by Gasteiger charge is 2.25. The summed E-state index contributed by atoms with van der Waals surface area (Å²) in [5.74, 6) is 1.45. The third kappa shape index (κ3) is 11.9. The summed E-state index contributed by atoms with van der Waals surface area (Å²) >= 11 is 0. The number of likely N-dealkylation sites (tertiary alicyclic amines) is 1. The first-order valence-electron chi connectivity index (χ1n) is 10.2. The van der Waals surface area contributed by atoms with Gasteiger partial charge in [-0.3, -0.25) is 4.99 Å². The predicted octanol–water partition coefficient (Wildman–Crippen LogP) is 3.19. The van der Waals surface area contributed by atoms with Crippen LogP contribution in [-0.4, -0.2) is 67.9 Å². The number of rotatable bonds is 7. The molecule has 1 aliphatic rings. The monoisotopic (exact) mass is 511 g/mol. The number of guanidine groups is 1. The SMILES string of the molecule is CCCN1CCC(CNC(=NC)NCC(C)(C)NC(=O)OC(C)(C)C)CC1.I. The van der Waals surface area contributed by atoms with Crippen LogP contribution in [0.25, 0.3) is 0 Å². The fraction of sp³-hybridized carbons (Fsp3) is 0.900. The molecule has 1 aliphatic heterocycles. The Kier molecular flexibility index (Phi) is 12.4. The number of hydrogen-bond donors (Lipinski definition) is 3. The van der Waals surface area contributed by atoms with Gasteiger partial charge in [-0.2, -0.15) is 0 Å². The number of carbonyl (C=O) groups excluding carboxylic acids is 1. The maximum Gasteiger partial charge on any atom is 0.408 e. The van der Waals surface area contributed by atoms with Crippen molar-refractivity contribution in [1.29, 1.82) is 0 Å². The van der Waals surface area contributed by atoms with Gasteiger partial charge in [-0.25, -0.2) is 4.79 Å². The van der Waals surface area contributed by atoms with Gasteiger partial charge in [0.2, 0.25) is 0 Å². The summed E-state index contributed by atoms with van der Waals surface area (Å²) in [7, 11) is 1.77. The Morgan fingerprint density at radius 3 is 2.25 bits per heavy atom. The molecule has 0 bridgehead atoms. The van der Waals surface area contributed by atoms with Crippen LogP contribution in [0.2, 0.25) is 0 Å². The first-order chi connectivity index (χ1) is 12.5. The van der Waals surface area contributed by atoms with Gasteiger partial charge in [0.05, 0.1) is 5.54 Å². The van der Waals surface area contributed by atoms with E-state index < -0.39 is 17.2 Å². The van der Waals surface area contributed by atoms with Gasteiger partial charge >= 0.3 is 6.09 Å². The lowest BCUT2D eigenvalue weighted by atomic mass is 9.97. The Balaban J connectivity index is 0.00000729. The summed E-state index contributed by atoms with van der Waals surface area (Å²) in [5.41, 5.74) is -0.955. The van der Waals surface area contributed by atoms with Gasteiger partial charge < -0.3 is 25.6 Å². The highest BCUT2D eigenvalue weighted by atomic mass is 127. The summed E-state index contributed by atoms with van der Waals surface area (Å²) in [5, 5.41) is 9.63. The molecule has 1 amide bonds. The third-order valence-corrected chi connectivity index (χ3v) is 4.57. The van der Waals surface area contributed by atoms with Crippen LogP contribution in [0.5, 0.6) is 0 Å². The molecule has 0 aromatic rings. The average Bonchev–Trinajstić information content (AvgIpc) is 2.54. The predicted molar refractivity (Wildman–Crippen MR) is 128 cm³/mol. The number of halogens is 1. The fourth-order valence-corrected chi connectivity index (χ4v) is 3.12. The Labute approximate surface area is 188 Å². The van der Waals surface area contributed by atoms with Crippen LogP contribution in [0.3, 0.4) is 0 Å². The lowest BCUT2D eigenvalue weighted by Gasteiger charge is -2.32. The van der Waals surface area contributed by atoms with Gasteiger partial charge in [-0.15, -0.1) is 24.0 Å². The minimum absolute atomic E-state index is 0. The van der Waals surface area contributed by atoms with Gasteiger partial charge in [-0.05, 0) is 79.4 Å². The molecule has 3 N–H and O–H groups in total. The van der Waals surface area contributed by atoms with Crippen LogP contribution < -0.4 is 16.0 Å². The zero-order valence-electron chi connectivity index (χ0n) is 18.9. The minimum Gasteiger partial charge on any atom is -0.444 e. The summed E-state index contributed by atoms with van der Waals surface area (Å²) in [4.78, 5) is 18.8. The molecule has 1 heterocycles. The van der Waals surface area contributed by atoms with Crippen LogP contribution in [-0.2, 0) is 4.74 Å². The van der Waals surface area contributed by atoms with Gasteiger partial charge in [-0.1, -0.05) is 6.92 Å². The van der Waals surface area contributed by atoms with Crippen LogP contribution in [0.15, 0.2) is 4.99 Å². The second kappa shape index (κ2) is 12.7. The van der Waals surface area contributed by atoms with Crippen molar-refractivity contribution in [1.82, 2.24) is 20.9 Å². The second-order valence-corrected chi connectivity index (χ2v) is 9.10. The number of nitrogens with zero attached hydrogens (tertiary/aromatic N) is 2. The fourth-order valence-electron chi connectivity index (χ4n) is 3.12. The average molecular weight is 511 g/mol. The number of piperidine rings is 1. The van der Waals surface area contributed by atoms with Crippen molar-refractivity contribution >= 4 is 36.0 Å². The zero-order valence-corrected chi connectivity index (χ0v) is 21.2. The maximum absolute atomic E-state index is 12.0. The molecule has 8 heteroatoms. The van der Waals surface area contributed by atoms with E-state index >= 15 is 0 Å². The molecule has 0 unspecified atom stereocenters. The molecule has 7 nitrogen and oxygen atoms in total. The summed E-state index contributed by atoms with van der Waals surface area (Å²) in [6.07, 6.45) is 3.29. The Bertz CT molecular complexity index is 483. The van der Waals surface area contributed by atoms with E-state index in [1.165, 1.54) is 38.9 Å². The largest absolute Gasteiger partial charge is 0.444 e. The molecule has 0 aliphatic carbocycles. The van der Waals surface area contributed by atoms with E-state index in [2.05, 4.69) is 32.8 Å². The van der Waals surface area contributed by atoms with E-state index in [4.69, 9.17) is 4.74 Å². The molecule has 0 aromatic heterocycles. The van der Waals surface area contributed by atoms with E-state index in [9.17, 15) is 4.79 Å². The Morgan fingerprint density at radius 2 is 1.75 bits per heavy atom. The van der Waals surface area contributed by atoms with Crippen molar-refractivity contribution in [3.63, 3.8) is 0 Å². The summed E-state index contributed by atoms with van der Waals surface area (Å²) < 4.78 is 5.33. The number of nitrogens with one attached hydrogen (secondary N) is 3. The standard InChI is InChI=1S/C20H41N5O2.HI/c1-8-11-25-12-9-16(10-13-25)14-22-17(21-7)23-15-20(5,6)24-18(26)27-19(2,3)4;/h16H,8-15H2,1-7H3,(H,24,26)(H2,21,22,23);1H. The quantitative estimate of drug-likeness (QED) is 0.278. The Hall–Kier alpha value is -0.770. The molecular weight excluding hydrogens is 469 g/mol. The minimum atomic E-state index is -0.502. The first-order valence-corrected chi connectivity index (χ1v) is 10.2. The number of amides is 1. The van der Waals surface area contributed by atoms with E-state index in [0.717, 1.165) is 12.5 Å². The van der Waals surface area contributed by atoms with Crippen molar-refractivity contribution in [2.75, 3.05) is 39.8 Å². The third-order valence-electron chi connectivity index (χ3n) is 4.57. The lowest BCUT2D eigenvalue weighted by molar-refractivity contribution is 0.0474. The number of alkyl carbamates (subject to hydrolysis) is 1. The van der Waals surface area contributed by atoms with Crippen molar-refractivity contribution in [2.45, 2.75) is 71.9 Å². The number of hydrogen-bond acceptors (Lipinski definition) is 4. The smallest absolute Gasteiger partial charge is 0.408 e. The second-order valence-electron chi connectivity index (χ2n) is 9.10. The lowest BCUT2D eigenvalue weighted by Crippen LogP contribution is -2.54. The Morgan fingerprint density at radius 1 is 1.14 bits per heavy atom. The van der Waals surface area contributed by atoms with Crippen molar-refractivity contribution in [2.24, 2.45) is 10.9 Å². The van der Waals surface area contributed by atoms with E-state index in [1.54, 1.807) is 7.05 Å². The van der Waals surface area contributed by atoms with Crippen molar-refractivity contribution < 1.29 is 9.53 Å². The number of ether oxygens (including phenoxy) is 1. The topological polar surface area (TPSA) is 78.0 Å². The molecule has 0 aromatic carbocycles. The number of carbonyl (C=O) groups is 1. The van der Waals surface area contributed by atoms with Crippen LogP contribution in [0, 0.1) is 5.92 Å². The molecule has 166 valence electrons. The zero-order chi connectivity index (χ0) is 20.5. The number of aliphatic imine (C=N–C) groups is 1. The highest BCUT2D eigenvalue weighted by molar-refractivity contribution is 14.0. The molecule has 1 fully saturated rings. The molecule has 0 saturated carbocycles. The molecule has 0 spiro atoms. The molecule has 0 atom stereocenters. The van der Waals surface area contributed by atoms with Gasteiger partial charge in [0, 0.05) is 20.1 Å². The van der Waals surface area contributed by atoms with E-state index in [1.807, 2.05) is 34.6 Å². The first kappa shape index (κ1) is 27.2. The molecule has 0 radical (unpaired) electrons. The molecule has 28 heavy (non-hydrogen) atoms. The summed E-state index contributed by atoms with van der Waals surface area (Å²) in [6.45, 7) is 16.8. The van der Waals surface area contributed by atoms with Gasteiger partial charge in [0.1, 0.15) is 5.60 Å². The normalized spacial score (nSPS) is 16.9. The van der Waals surface area contributed by atoms with Crippen LogP contribution in [0.4, 0.5) is 4.79 Å². The van der Waals surface area contributed by atoms with E-state index in [-0.39, 0.29) is 24.0 Å². The van der Waals surface area contributed by atoms with Crippen LogP contribution in [0.1, 0.15) is 60.8 Å². The van der Waals surface area contributed by atoms with Crippen molar-refractivity contribution in [3.8, 4) is 0 Å². The highest BCUT2D eigenvalue weighted by Crippen LogP contribution is 2.16. The molecular formula is C20H42IN5O2. The molecule has 1 saturated heterocycles. The maximum atomic E-state index is 12.0. The van der Waals surface area contributed by atoms with Gasteiger partial charge in [0.15, 0.2) is 5.96 Å². The van der Waals surface area contributed by atoms with Gasteiger partial charge in [0.25, 0.3) is 0 Å². The van der Waals surface area contributed by atoms with E-state index in [0.29, 0.717) is 12.5 Å². The summed E-state index contributed by atoms with van der Waals surface area (Å²) in [6, 6.07) is 0. The van der Waals surface area contributed by atoms with Crippen LogP contribution >= 0.6 is 24.0 Å².